The molecule has 3 rings (SSSR count). The van der Waals surface area contributed by atoms with Gasteiger partial charge in [0.15, 0.2) is 0 Å². The Bertz CT molecular complexity index is 379. The van der Waals surface area contributed by atoms with Crippen molar-refractivity contribution in [2.45, 2.75) is 77.0 Å². The number of hydrogen-bond donors (Lipinski definition) is 1. The Hall–Kier alpha value is -0.320. The Balaban J connectivity index is 0.00000192. The fourth-order valence-electron chi connectivity index (χ4n) is 4.28. The Morgan fingerprint density at radius 2 is 1.91 bits per heavy atom. The van der Waals surface area contributed by atoms with Gasteiger partial charge in [-0.15, -0.1) is 12.4 Å². The van der Waals surface area contributed by atoms with E-state index in [2.05, 4.69) is 19.2 Å². The number of piperidine rings is 1. The number of carbonyl (C=O) groups is 1. The molecule has 2 bridgehead atoms. The van der Waals surface area contributed by atoms with Crippen LogP contribution in [0.2, 0.25) is 0 Å². The first-order valence-corrected chi connectivity index (χ1v) is 9.25. The van der Waals surface area contributed by atoms with Crippen LogP contribution in [-0.2, 0) is 9.53 Å². The number of carbonyl (C=O) groups excluding carboxylic acids is 1. The fraction of sp³-hybridized carbons (Fsp3) is 0.944. The van der Waals surface area contributed by atoms with Crippen LogP contribution in [0.5, 0.6) is 0 Å². The average molecular weight is 345 g/mol. The molecule has 0 aliphatic carbocycles. The maximum atomic E-state index is 12.5. The third kappa shape index (κ3) is 5.33. The van der Waals surface area contributed by atoms with Crippen LogP contribution < -0.4 is 5.32 Å². The number of amides is 1. The van der Waals surface area contributed by atoms with Gasteiger partial charge in [-0.1, -0.05) is 13.8 Å². The zero-order valence-electron chi connectivity index (χ0n) is 14.6. The lowest BCUT2D eigenvalue weighted by Gasteiger charge is -2.29. The van der Waals surface area contributed by atoms with Gasteiger partial charge in [0, 0.05) is 38.2 Å². The fourth-order valence-corrected chi connectivity index (χ4v) is 4.28. The topological polar surface area (TPSA) is 41.6 Å². The summed E-state index contributed by atoms with van der Waals surface area (Å²) >= 11 is 0. The maximum Gasteiger partial charge on any atom is 0.222 e. The number of likely N-dealkylation sites (tertiary alicyclic amines) is 1. The first-order valence-electron chi connectivity index (χ1n) is 9.25. The molecule has 1 amide bonds. The Kier molecular flexibility index (Phi) is 7.18. The van der Waals surface area contributed by atoms with Crippen LogP contribution in [0.4, 0.5) is 0 Å². The highest BCUT2D eigenvalue weighted by Gasteiger charge is 2.35. The summed E-state index contributed by atoms with van der Waals surface area (Å²) in [6, 6.07) is 1.37. The van der Waals surface area contributed by atoms with Gasteiger partial charge in [0.25, 0.3) is 0 Å². The zero-order valence-corrected chi connectivity index (χ0v) is 15.4. The van der Waals surface area contributed by atoms with Crippen LogP contribution in [-0.4, -0.2) is 48.7 Å². The molecule has 3 fully saturated rings. The van der Waals surface area contributed by atoms with E-state index < -0.39 is 0 Å². The molecule has 0 aromatic carbocycles. The third-order valence-corrected chi connectivity index (χ3v) is 5.58. The number of nitrogens with zero attached hydrogens (tertiary/aromatic N) is 1. The monoisotopic (exact) mass is 344 g/mol. The van der Waals surface area contributed by atoms with E-state index in [9.17, 15) is 4.79 Å². The molecule has 3 aliphatic rings. The maximum absolute atomic E-state index is 12.5. The smallest absolute Gasteiger partial charge is 0.222 e. The van der Waals surface area contributed by atoms with Crippen molar-refractivity contribution in [2.75, 3.05) is 19.7 Å². The molecule has 4 nitrogen and oxygen atoms in total. The largest absolute Gasteiger partial charge is 0.376 e. The molecular formula is C18H33ClN2O2. The summed E-state index contributed by atoms with van der Waals surface area (Å²) in [4.78, 5) is 14.6. The summed E-state index contributed by atoms with van der Waals surface area (Å²) < 4.78 is 5.92. The standard InChI is InChI=1S/C18H32N2O2.ClH/c1-13(2)6-8-22-17-5-7-20(12-17)18(21)11-14-9-15-3-4-16(10-14)19-15;/h13-17,19H,3-12H2,1-2H3;1H. The molecule has 23 heavy (non-hydrogen) atoms. The van der Waals surface area contributed by atoms with E-state index in [0.717, 1.165) is 39.0 Å². The van der Waals surface area contributed by atoms with Gasteiger partial charge in [-0.25, -0.2) is 0 Å². The summed E-state index contributed by atoms with van der Waals surface area (Å²) in [5.41, 5.74) is 0. The minimum absolute atomic E-state index is 0. The van der Waals surface area contributed by atoms with Gasteiger partial charge in [0.1, 0.15) is 0 Å². The third-order valence-electron chi connectivity index (χ3n) is 5.58. The highest BCUT2D eigenvalue weighted by molar-refractivity contribution is 5.85. The van der Waals surface area contributed by atoms with E-state index in [4.69, 9.17) is 4.74 Å². The molecule has 5 heteroatoms. The predicted molar refractivity (Wildman–Crippen MR) is 94.9 cm³/mol. The molecular weight excluding hydrogens is 312 g/mol. The molecule has 0 spiro atoms. The Morgan fingerprint density at radius 1 is 1.22 bits per heavy atom. The van der Waals surface area contributed by atoms with Crippen LogP contribution in [0.3, 0.4) is 0 Å². The second-order valence-corrected chi connectivity index (χ2v) is 7.98. The molecule has 1 N–H and O–H groups in total. The normalized spacial score (nSPS) is 33.1. The van der Waals surface area contributed by atoms with Crippen molar-refractivity contribution >= 4 is 18.3 Å². The first-order chi connectivity index (χ1) is 10.6. The van der Waals surface area contributed by atoms with Crippen LogP contribution in [0.25, 0.3) is 0 Å². The molecule has 3 saturated heterocycles. The quantitative estimate of drug-likeness (QED) is 0.805. The summed E-state index contributed by atoms with van der Waals surface area (Å²) in [6.07, 6.45) is 8.17. The van der Waals surface area contributed by atoms with Crippen molar-refractivity contribution in [3.05, 3.63) is 0 Å². The molecule has 0 aromatic rings. The van der Waals surface area contributed by atoms with Crippen molar-refractivity contribution in [2.24, 2.45) is 11.8 Å². The highest BCUT2D eigenvalue weighted by atomic mass is 35.5. The van der Waals surface area contributed by atoms with Crippen LogP contribution in [0.1, 0.15) is 58.8 Å². The Labute approximate surface area is 147 Å². The van der Waals surface area contributed by atoms with E-state index in [1.807, 2.05) is 4.90 Å². The van der Waals surface area contributed by atoms with E-state index in [-0.39, 0.29) is 18.5 Å². The summed E-state index contributed by atoms with van der Waals surface area (Å²) in [5.74, 6) is 1.66. The summed E-state index contributed by atoms with van der Waals surface area (Å²) in [7, 11) is 0. The number of halogens is 1. The van der Waals surface area contributed by atoms with Crippen molar-refractivity contribution in [3.8, 4) is 0 Å². The molecule has 3 unspecified atom stereocenters. The van der Waals surface area contributed by atoms with Gasteiger partial charge in [0.2, 0.25) is 5.91 Å². The van der Waals surface area contributed by atoms with E-state index in [0.29, 0.717) is 29.8 Å². The number of ether oxygens (including phenoxy) is 1. The summed E-state index contributed by atoms with van der Waals surface area (Å²) in [6.45, 7) is 6.99. The number of nitrogens with one attached hydrogen (secondary N) is 1. The van der Waals surface area contributed by atoms with E-state index >= 15 is 0 Å². The lowest BCUT2D eigenvalue weighted by atomic mass is 9.89. The van der Waals surface area contributed by atoms with E-state index in [1.54, 1.807) is 0 Å². The van der Waals surface area contributed by atoms with Crippen molar-refractivity contribution in [1.29, 1.82) is 0 Å². The van der Waals surface area contributed by atoms with Gasteiger partial charge in [-0.2, -0.15) is 0 Å². The molecule has 0 aromatic heterocycles. The second-order valence-electron chi connectivity index (χ2n) is 7.98. The Morgan fingerprint density at radius 3 is 2.57 bits per heavy atom. The van der Waals surface area contributed by atoms with Crippen LogP contribution >= 0.6 is 12.4 Å². The van der Waals surface area contributed by atoms with Gasteiger partial charge >= 0.3 is 0 Å². The van der Waals surface area contributed by atoms with Crippen molar-refractivity contribution in [3.63, 3.8) is 0 Å². The minimum Gasteiger partial charge on any atom is -0.376 e. The molecule has 3 atom stereocenters. The van der Waals surface area contributed by atoms with E-state index in [1.165, 1.54) is 25.7 Å². The summed E-state index contributed by atoms with van der Waals surface area (Å²) in [5, 5.41) is 3.66. The predicted octanol–water partition coefficient (Wildman–Crippen LogP) is 2.99. The highest BCUT2D eigenvalue weighted by Crippen LogP contribution is 2.33. The lowest BCUT2D eigenvalue weighted by Crippen LogP contribution is -2.40. The van der Waals surface area contributed by atoms with Crippen molar-refractivity contribution in [1.82, 2.24) is 10.2 Å². The van der Waals surface area contributed by atoms with Gasteiger partial charge in [0.05, 0.1) is 6.10 Å². The lowest BCUT2D eigenvalue weighted by molar-refractivity contribution is -0.132. The molecule has 3 aliphatic heterocycles. The van der Waals surface area contributed by atoms with Crippen molar-refractivity contribution < 1.29 is 9.53 Å². The number of fused-ring (bicyclic) bond motifs is 2. The second kappa shape index (κ2) is 8.68. The van der Waals surface area contributed by atoms with Crippen LogP contribution in [0.15, 0.2) is 0 Å². The molecule has 0 saturated carbocycles. The van der Waals surface area contributed by atoms with Crippen LogP contribution in [0, 0.1) is 11.8 Å². The molecule has 0 radical (unpaired) electrons. The zero-order chi connectivity index (χ0) is 15.5. The number of hydrogen-bond acceptors (Lipinski definition) is 3. The SMILES string of the molecule is CC(C)CCOC1CCN(C(=O)CC2CC3CCC(C2)N3)C1.Cl. The van der Waals surface area contributed by atoms with Gasteiger partial charge in [-0.05, 0) is 50.4 Å². The molecule has 3 heterocycles. The first kappa shape index (κ1) is 19.0. The molecule has 134 valence electrons. The number of rotatable bonds is 6. The van der Waals surface area contributed by atoms with Gasteiger partial charge in [-0.3, -0.25) is 4.79 Å². The average Bonchev–Trinajstić information content (AvgIpc) is 3.05. The minimum atomic E-state index is 0. The van der Waals surface area contributed by atoms with Gasteiger partial charge < -0.3 is 15.0 Å².